The lowest BCUT2D eigenvalue weighted by Gasteiger charge is -2.22. The predicted molar refractivity (Wildman–Crippen MR) is 107 cm³/mol. The molecule has 1 aliphatic heterocycles. The zero-order valence-corrected chi connectivity index (χ0v) is 16.7. The molecule has 148 valence electrons. The van der Waals surface area contributed by atoms with E-state index in [1.165, 1.54) is 11.3 Å². The molecule has 1 aromatic carbocycles. The van der Waals surface area contributed by atoms with E-state index in [4.69, 9.17) is 4.74 Å². The first kappa shape index (κ1) is 20.0. The van der Waals surface area contributed by atoms with Crippen LogP contribution in [-0.4, -0.2) is 35.4 Å². The maximum atomic E-state index is 12.9. The van der Waals surface area contributed by atoms with Crippen molar-refractivity contribution in [3.63, 3.8) is 0 Å². The fourth-order valence-electron chi connectivity index (χ4n) is 3.00. The highest BCUT2D eigenvalue weighted by Gasteiger charge is 2.36. The van der Waals surface area contributed by atoms with Crippen molar-refractivity contribution < 1.29 is 19.1 Å². The molecule has 0 unspecified atom stereocenters. The molecule has 1 atom stereocenters. The number of nitrogens with one attached hydrogen (secondary N) is 2. The molecule has 1 saturated heterocycles. The molecule has 0 radical (unpaired) electrons. The standard InChI is InChI=1S/C20H23N3O4S/c1-3-14-10-15(20(26)27-4-2)19(28-14)21-18(25)16-11-17(24)22-23(16)12-13-8-6-5-7-9-13/h5-10,16H,3-4,11-12H2,1-2H3,(H,21,25)(H,22,24)/t16-/m1/s1. The zero-order chi connectivity index (χ0) is 20.1. The summed E-state index contributed by atoms with van der Waals surface area (Å²) >= 11 is 1.35. The van der Waals surface area contributed by atoms with Crippen molar-refractivity contribution in [2.75, 3.05) is 11.9 Å². The monoisotopic (exact) mass is 401 g/mol. The smallest absolute Gasteiger partial charge is 0.341 e. The summed E-state index contributed by atoms with van der Waals surface area (Å²) in [6.07, 6.45) is 0.815. The molecule has 8 heteroatoms. The quantitative estimate of drug-likeness (QED) is 0.697. The Morgan fingerprint density at radius 1 is 1.29 bits per heavy atom. The Kier molecular flexibility index (Phi) is 6.43. The second kappa shape index (κ2) is 8.99. The molecule has 1 fully saturated rings. The van der Waals surface area contributed by atoms with Gasteiger partial charge in [-0.3, -0.25) is 15.0 Å². The second-order valence-electron chi connectivity index (χ2n) is 6.39. The van der Waals surface area contributed by atoms with Gasteiger partial charge in [-0.05, 0) is 25.0 Å². The highest BCUT2D eigenvalue weighted by molar-refractivity contribution is 7.16. The van der Waals surface area contributed by atoms with Crippen LogP contribution in [0, 0.1) is 0 Å². The highest BCUT2D eigenvalue weighted by atomic mass is 32.1. The summed E-state index contributed by atoms with van der Waals surface area (Å²) in [5, 5.41) is 4.92. The maximum absolute atomic E-state index is 12.9. The fourth-order valence-corrected chi connectivity index (χ4v) is 3.99. The zero-order valence-electron chi connectivity index (χ0n) is 15.9. The first-order valence-electron chi connectivity index (χ1n) is 9.22. The number of aryl methyl sites for hydroxylation is 1. The number of esters is 1. The minimum atomic E-state index is -0.657. The van der Waals surface area contributed by atoms with Crippen LogP contribution in [0.5, 0.6) is 0 Å². The van der Waals surface area contributed by atoms with Gasteiger partial charge in [0.2, 0.25) is 11.8 Å². The van der Waals surface area contributed by atoms with Crippen molar-refractivity contribution in [2.24, 2.45) is 0 Å². The van der Waals surface area contributed by atoms with Gasteiger partial charge in [0.25, 0.3) is 0 Å². The number of benzene rings is 1. The van der Waals surface area contributed by atoms with Gasteiger partial charge in [-0.25, -0.2) is 9.80 Å². The van der Waals surface area contributed by atoms with Crippen LogP contribution in [0.25, 0.3) is 0 Å². The lowest BCUT2D eigenvalue weighted by atomic mass is 10.1. The van der Waals surface area contributed by atoms with Gasteiger partial charge >= 0.3 is 5.97 Å². The van der Waals surface area contributed by atoms with Crippen molar-refractivity contribution in [1.82, 2.24) is 10.4 Å². The van der Waals surface area contributed by atoms with Crippen LogP contribution >= 0.6 is 11.3 Å². The average molecular weight is 401 g/mol. The van der Waals surface area contributed by atoms with Gasteiger partial charge in [0, 0.05) is 11.4 Å². The Hall–Kier alpha value is -2.71. The van der Waals surface area contributed by atoms with Crippen LogP contribution in [0.2, 0.25) is 0 Å². The number of rotatable bonds is 7. The number of hydrogen-bond acceptors (Lipinski definition) is 6. The molecule has 0 aliphatic carbocycles. The van der Waals surface area contributed by atoms with Crippen molar-refractivity contribution in [1.29, 1.82) is 0 Å². The van der Waals surface area contributed by atoms with Gasteiger partial charge in [0.15, 0.2) is 0 Å². The number of carbonyl (C=O) groups excluding carboxylic acids is 3. The van der Waals surface area contributed by atoms with Crippen LogP contribution in [0.15, 0.2) is 36.4 Å². The van der Waals surface area contributed by atoms with E-state index in [9.17, 15) is 14.4 Å². The summed E-state index contributed by atoms with van der Waals surface area (Å²) in [7, 11) is 0. The number of anilines is 1. The summed E-state index contributed by atoms with van der Waals surface area (Å²) in [5.74, 6) is -0.998. The fraction of sp³-hybridized carbons (Fsp3) is 0.350. The first-order valence-corrected chi connectivity index (χ1v) is 10.0. The maximum Gasteiger partial charge on any atom is 0.341 e. The number of amides is 2. The summed E-state index contributed by atoms with van der Waals surface area (Å²) < 4.78 is 5.09. The van der Waals surface area contributed by atoms with E-state index in [0.29, 0.717) is 17.1 Å². The number of hydrogen-bond donors (Lipinski definition) is 2. The molecule has 0 saturated carbocycles. The van der Waals surface area contributed by atoms with E-state index < -0.39 is 12.0 Å². The number of thiophene rings is 1. The van der Waals surface area contributed by atoms with Crippen LogP contribution in [-0.2, 0) is 27.3 Å². The van der Waals surface area contributed by atoms with Gasteiger partial charge in [-0.15, -0.1) is 11.3 Å². The summed E-state index contributed by atoms with van der Waals surface area (Å²) in [5.41, 5.74) is 4.07. The number of hydrazine groups is 1. The van der Waals surface area contributed by atoms with Crippen molar-refractivity contribution in [2.45, 2.75) is 39.3 Å². The van der Waals surface area contributed by atoms with Gasteiger partial charge in [-0.1, -0.05) is 37.3 Å². The molecule has 3 rings (SSSR count). The molecular formula is C20H23N3O4S. The van der Waals surface area contributed by atoms with Gasteiger partial charge in [0.05, 0.1) is 18.6 Å². The number of ether oxygens (including phenoxy) is 1. The Balaban J connectivity index is 1.76. The molecule has 2 heterocycles. The van der Waals surface area contributed by atoms with Crippen LogP contribution in [0.3, 0.4) is 0 Å². The summed E-state index contributed by atoms with van der Waals surface area (Å²) in [6, 6.07) is 10.7. The van der Waals surface area contributed by atoms with Crippen LogP contribution in [0.1, 0.15) is 41.1 Å². The third-order valence-corrected chi connectivity index (χ3v) is 5.58. The molecule has 1 aliphatic rings. The Morgan fingerprint density at radius 3 is 2.71 bits per heavy atom. The Morgan fingerprint density at radius 2 is 2.04 bits per heavy atom. The molecule has 1 aromatic heterocycles. The molecule has 7 nitrogen and oxygen atoms in total. The predicted octanol–water partition coefficient (Wildman–Crippen LogP) is 2.73. The largest absolute Gasteiger partial charge is 0.462 e. The molecule has 2 amide bonds. The number of nitrogens with zero attached hydrogens (tertiary/aromatic N) is 1. The minimum absolute atomic E-state index is 0.0689. The number of carbonyl (C=O) groups is 3. The third kappa shape index (κ3) is 4.58. The van der Waals surface area contributed by atoms with E-state index in [1.54, 1.807) is 18.0 Å². The molecule has 28 heavy (non-hydrogen) atoms. The summed E-state index contributed by atoms with van der Waals surface area (Å²) in [6.45, 7) is 4.39. The lowest BCUT2D eigenvalue weighted by Crippen LogP contribution is -2.43. The van der Waals surface area contributed by atoms with Gasteiger partial charge in [0.1, 0.15) is 11.0 Å². The molecule has 2 N–H and O–H groups in total. The van der Waals surface area contributed by atoms with Gasteiger partial charge < -0.3 is 10.1 Å². The molecule has 2 aromatic rings. The van der Waals surface area contributed by atoms with E-state index in [0.717, 1.165) is 16.9 Å². The minimum Gasteiger partial charge on any atom is -0.462 e. The second-order valence-corrected chi connectivity index (χ2v) is 7.52. The van der Waals surface area contributed by atoms with Gasteiger partial charge in [-0.2, -0.15) is 0 Å². The van der Waals surface area contributed by atoms with E-state index in [2.05, 4.69) is 10.7 Å². The topological polar surface area (TPSA) is 87.7 Å². The lowest BCUT2D eigenvalue weighted by molar-refractivity contribution is -0.121. The van der Waals surface area contributed by atoms with E-state index >= 15 is 0 Å². The van der Waals surface area contributed by atoms with E-state index in [1.807, 2.05) is 37.3 Å². The SMILES string of the molecule is CCOC(=O)c1cc(CC)sc1NC(=O)[C@H]1CC(=O)NN1Cc1ccccc1. The van der Waals surface area contributed by atoms with E-state index in [-0.39, 0.29) is 24.8 Å². The molecule has 0 bridgehead atoms. The molecular weight excluding hydrogens is 378 g/mol. The average Bonchev–Trinajstić information content (AvgIpc) is 3.26. The van der Waals surface area contributed by atoms with Crippen molar-refractivity contribution in [3.05, 3.63) is 52.4 Å². The summed E-state index contributed by atoms with van der Waals surface area (Å²) in [4.78, 5) is 38.0. The third-order valence-electron chi connectivity index (χ3n) is 4.39. The Bertz CT molecular complexity index is 866. The highest BCUT2D eigenvalue weighted by Crippen LogP contribution is 2.30. The first-order chi connectivity index (χ1) is 13.5. The van der Waals surface area contributed by atoms with Crippen molar-refractivity contribution >= 4 is 34.1 Å². The normalized spacial score (nSPS) is 16.6. The van der Waals surface area contributed by atoms with Crippen LogP contribution < -0.4 is 10.7 Å². The van der Waals surface area contributed by atoms with Crippen molar-refractivity contribution in [3.8, 4) is 0 Å². The molecule has 0 spiro atoms. The Labute approximate surface area is 167 Å². The van der Waals surface area contributed by atoms with Crippen LogP contribution in [0.4, 0.5) is 5.00 Å².